The van der Waals surface area contributed by atoms with Gasteiger partial charge in [0.25, 0.3) is 0 Å². The minimum absolute atomic E-state index is 0.106. The maximum Gasteiger partial charge on any atom is 0.387 e. The van der Waals surface area contributed by atoms with Crippen LogP contribution in [0.1, 0.15) is 15.9 Å². The third-order valence-electron chi connectivity index (χ3n) is 3.07. The van der Waals surface area contributed by atoms with Crippen LogP contribution in [-0.2, 0) is 0 Å². The van der Waals surface area contributed by atoms with Gasteiger partial charge in [0.05, 0.1) is 5.56 Å². The van der Waals surface area contributed by atoms with Crippen LogP contribution in [0.2, 0.25) is 0 Å². The van der Waals surface area contributed by atoms with Crippen molar-refractivity contribution in [1.82, 2.24) is 0 Å². The topological polar surface area (TPSA) is 26.3 Å². The predicted molar refractivity (Wildman–Crippen MR) is 78.3 cm³/mol. The molecule has 2 aromatic carbocycles. The molecule has 3 aromatic rings. The van der Waals surface area contributed by atoms with Crippen LogP contribution >= 0.6 is 11.3 Å². The van der Waals surface area contributed by atoms with Crippen molar-refractivity contribution in [2.24, 2.45) is 0 Å². The van der Waals surface area contributed by atoms with Gasteiger partial charge in [0.2, 0.25) is 0 Å². The van der Waals surface area contributed by atoms with Gasteiger partial charge in [0, 0.05) is 10.3 Å². The number of benzene rings is 2. The van der Waals surface area contributed by atoms with E-state index in [0.29, 0.717) is 5.56 Å². The fourth-order valence-electron chi connectivity index (χ4n) is 2.17. The Morgan fingerprint density at radius 2 is 1.76 bits per heavy atom. The molecule has 106 valence electrons. The normalized spacial score (nSPS) is 11.0. The maximum atomic E-state index is 12.6. The monoisotopic (exact) mass is 304 g/mol. The number of carbonyl (C=O) groups excluding carboxylic acids is 1. The Morgan fingerprint density at radius 3 is 2.57 bits per heavy atom. The number of rotatable bonds is 4. The highest BCUT2D eigenvalue weighted by atomic mass is 32.1. The third kappa shape index (κ3) is 2.64. The number of halogens is 2. The number of hydrogen-bond donors (Lipinski definition) is 0. The molecular formula is C16H10F2O2S. The number of alkyl halides is 2. The molecule has 0 atom stereocenters. The molecule has 0 saturated heterocycles. The van der Waals surface area contributed by atoms with E-state index in [1.54, 1.807) is 24.3 Å². The molecule has 1 heterocycles. The quantitative estimate of drug-likeness (QED) is 0.651. The first kappa shape index (κ1) is 13.7. The minimum atomic E-state index is -2.96. The lowest BCUT2D eigenvalue weighted by molar-refractivity contribution is -0.0501. The minimum Gasteiger partial charge on any atom is -0.434 e. The summed E-state index contributed by atoms with van der Waals surface area (Å²) in [4.78, 5) is 12.6. The van der Waals surface area contributed by atoms with Gasteiger partial charge in [-0.1, -0.05) is 24.3 Å². The molecule has 0 aliphatic carbocycles. The average molecular weight is 304 g/mol. The second kappa shape index (κ2) is 5.61. The zero-order chi connectivity index (χ0) is 14.8. The van der Waals surface area contributed by atoms with Crippen LogP contribution in [0, 0.1) is 0 Å². The summed E-state index contributed by atoms with van der Waals surface area (Å²) < 4.78 is 30.1. The summed E-state index contributed by atoms with van der Waals surface area (Å²) in [5.41, 5.74) is 0.631. The van der Waals surface area contributed by atoms with Gasteiger partial charge < -0.3 is 4.74 Å². The Labute approximate surface area is 123 Å². The van der Waals surface area contributed by atoms with E-state index < -0.39 is 6.61 Å². The number of fused-ring (bicyclic) bond motifs is 1. The van der Waals surface area contributed by atoms with Crippen LogP contribution in [0.3, 0.4) is 0 Å². The first-order valence-electron chi connectivity index (χ1n) is 6.21. The molecule has 0 aliphatic heterocycles. The fraction of sp³-hybridized carbons (Fsp3) is 0.0625. The molecule has 0 fully saturated rings. The standard InChI is InChI=1S/C16H10F2O2S/c17-16(18)20-13-7-2-1-5-11(13)14(19)12-6-3-4-10-8-9-21-15(10)12/h1-9,16H. The van der Waals surface area contributed by atoms with Gasteiger partial charge in [-0.05, 0) is 35.0 Å². The Kier molecular flexibility index (Phi) is 3.66. The number of ether oxygens (including phenoxy) is 1. The molecule has 0 radical (unpaired) electrons. The molecule has 5 heteroatoms. The number of carbonyl (C=O) groups is 1. The van der Waals surface area contributed by atoms with Crippen LogP contribution in [-0.4, -0.2) is 12.4 Å². The molecular weight excluding hydrogens is 294 g/mol. The van der Waals surface area contributed by atoms with Gasteiger partial charge >= 0.3 is 6.61 Å². The molecule has 3 rings (SSSR count). The van der Waals surface area contributed by atoms with Crippen molar-refractivity contribution in [3.8, 4) is 5.75 Å². The summed E-state index contributed by atoms with van der Waals surface area (Å²) in [5, 5.41) is 2.85. The van der Waals surface area contributed by atoms with Gasteiger partial charge in [-0.2, -0.15) is 8.78 Å². The van der Waals surface area contributed by atoms with Gasteiger partial charge in [0.15, 0.2) is 5.78 Å². The van der Waals surface area contributed by atoms with Crippen molar-refractivity contribution in [1.29, 1.82) is 0 Å². The lowest BCUT2D eigenvalue weighted by Gasteiger charge is -2.10. The zero-order valence-corrected chi connectivity index (χ0v) is 11.6. The molecule has 0 bridgehead atoms. The number of thiophene rings is 1. The summed E-state index contributed by atoms with van der Waals surface area (Å²) >= 11 is 1.45. The summed E-state index contributed by atoms with van der Waals surface area (Å²) in [7, 11) is 0. The molecule has 2 nitrogen and oxygen atoms in total. The van der Waals surface area contributed by atoms with E-state index in [-0.39, 0.29) is 17.1 Å². The van der Waals surface area contributed by atoms with Crippen LogP contribution in [0.4, 0.5) is 8.78 Å². The van der Waals surface area contributed by atoms with Gasteiger partial charge in [-0.3, -0.25) is 4.79 Å². The van der Waals surface area contributed by atoms with Gasteiger partial charge in [-0.15, -0.1) is 11.3 Å². The smallest absolute Gasteiger partial charge is 0.387 e. The first-order valence-corrected chi connectivity index (χ1v) is 7.09. The molecule has 21 heavy (non-hydrogen) atoms. The van der Waals surface area contributed by atoms with Crippen molar-refractivity contribution in [3.63, 3.8) is 0 Å². The van der Waals surface area contributed by atoms with Crippen molar-refractivity contribution in [2.45, 2.75) is 6.61 Å². The van der Waals surface area contributed by atoms with E-state index in [2.05, 4.69) is 4.74 Å². The molecule has 0 N–H and O–H groups in total. The van der Waals surface area contributed by atoms with E-state index >= 15 is 0 Å². The van der Waals surface area contributed by atoms with E-state index in [1.165, 1.54) is 23.5 Å². The summed E-state index contributed by atoms with van der Waals surface area (Å²) in [6, 6.07) is 13.3. The molecule has 0 amide bonds. The second-order valence-electron chi connectivity index (χ2n) is 4.35. The van der Waals surface area contributed by atoms with E-state index in [0.717, 1.165) is 10.1 Å². The highest BCUT2D eigenvalue weighted by molar-refractivity contribution is 7.17. The molecule has 1 aromatic heterocycles. The second-order valence-corrected chi connectivity index (χ2v) is 5.26. The fourth-order valence-corrected chi connectivity index (χ4v) is 3.08. The first-order chi connectivity index (χ1) is 10.2. The highest BCUT2D eigenvalue weighted by Crippen LogP contribution is 2.29. The Bertz CT molecular complexity index is 796. The molecule has 0 saturated carbocycles. The van der Waals surface area contributed by atoms with Gasteiger partial charge in [0.1, 0.15) is 5.75 Å². The zero-order valence-electron chi connectivity index (χ0n) is 10.8. The van der Waals surface area contributed by atoms with E-state index in [1.807, 2.05) is 17.5 Å². The SMILES string of the molecule is O=C(c1ccccc1OC(F)F)c1cccc2ccsc12. The van der Waals surface area contributed by atoms with Crippen molar-refractivity contribution < 1.29 is 18.3 Å². The van der Waals surface area contributed by atoms with Gasteiger partial charge in [-0.25, -0.2) is 0 Å². The Hall–Kier alpha value is -2.27. The van der Waals surface area contributed by atoms with Crippen LogP contribution in [0.25, 0.3) is 10.1 Å². The molecule has 0 spiro atoms. The van der Waals surface area contributed by atoms with Crippen LogP contribution in [0.15, 0.2) is 53.9 Å². The van der Waals surface area contributed by atoms with Crippen LogP contribution in [0.5, 0.6) is 5.75 Å². The Morgan fingerprint density at radius 1 is 1.00 bits per heavy atom. The summed E-state index contributed by atoms with van der Waals surface area (Å²) in [6.45, 7) is -2.96. The summed E-state index contributed by atoms with van der Waals surface area (Å²) in [6.07, 6.45) is 0. The number of para-hydroxylation sites is 1. The van der Waals surface area contributed by atoms with E-state index in [9.17, 15) is 13.6 Å². The van der Waals surface area contributed by atoms with Crippen LogP contribution < -0.4 is 4.74 Å². The lowest BCUT2D eigenvalue weighted by Crippen LogP contribution is -2.08. The maximum absolute atomic E-state index is 12.6. The molecule has 0 unspecified atom stereocenters. The lowest BCUT2D eigenvalue weighted by atomic mass is 10.0. The van der Waals surface area contributed by atoms with Crippen molar-refractivity contribution in [2.75, 3.05) is 0 Å². The number of hydrogen-bond acceptors (Lipinski definition) is 3. The van der Waals surface area contributed by atoms with E-state index in [4.69, 9.17) is 0 Å². The highest BCUT2D eigenvalue weighted by Gasteiger charge is 2.19. The number of ketones is 1. The largest absolute Gasteiger partial charge is 0.434 e. The Balaban J connectivity index is 2.08. The van der Waals surface area contributed by atoms with Crippen molar-refractivity contribution in [3.05, 3.63) is 65.0 Å². The summed E-state index contributed by atoms with van der Waals surface area (Å²) in [5.74, 6) is -0.426. The van der Waals surface area contributed by atoms with Crippen molar-refractivity contribution >= 4 is 27.2 Å². The third-order valence-corrected chi connectivity index (χ3v) is 4.03. The predicted octanol–water partition coefficient (Wildman–Crippen LogP) is 4.73. The average Bonchev–Trinajstić information content (AvgIpc) is 2.95. The molecule has 0 aliphatic rings.